The van der Waals surface area contributed by atoms with E-state index in [4.69, 9.17) is 0 Å². The van der Waals surface area contributed by atoms with E-state index < -0.39 is 0 Å². The Morgan fingerprint density at radius 2 is 1.35 bits per heavy atom. The molecule has 4 rings (SSSR count). The van der Waals surface area contributed by atoms with E-state index >= 15 is 0 Å². The van der Waals surface area contributed by atoms with Gasteiger partial charge in [0, 0.05) is 0 Å². The van der Waals surface area contributed by atoms with Crippen LogP contribution in [0.4, 0.5) is 0 Å². The van der Waals surface area contributed by atoms with Gasteiger partial charge in [0.1, 0.15) is 0 Å². The minimum absolute atomic E-state index is 0.750. The standard InChI is InChI=1S/C26H34/c1-2-3-4-5-6-7-8-9-12-20-15-16-24-22(17-20)19-26-23-14-11-10-13-21(23)18-25(24)26/h10-11,13-17,25-26H,2-9,12,18-19H2,1H3/t25-,26-/m1/s1. The van der Waals surface area contributed by atoms with E-state index in [1.165, 1.54) is 70.6 Å². The molecular formula is C26H34. The first-order chi connectivity index (χ1) is 12.9. The first kappa shape index (κ1) is 17.8. The minimum Gasteiger partial charge on any atom is -0.0654 e. The maximum absolute atomic E-state index is 2.54. The molecule has 0 N–H and O–H groups in total. The van der Waals surface area contributed by atoms with Gasteiger partial charge in [0.05, 0.1) is 0 Å². The van der Waals surface area contributed by atoms with Crippen LogP contribution in [0.1, 0.15) is 97.9 Å². The maximum atomic E-state index is 2.54. The molecule has 2 aliphatic rings. The third kappa shape index (κ3) is 3.75. The molecule has 26 heavy (non-hydrogen) atoms. The molecule has 0 nitrogen and oxygen atoms in total. The number of rotatable bonds is 9. The summed E-state index contributed by atoms with van der Waals surface area (Å²) in [4.78, 5) is 0. The van der Waals surface area contributed by atoms with Crippen molar-refractivity contribution in [1.82, 2.24) is 0 Å². The molecule has 0 radical (unpaired) electrons. The molecule has 0 fully saturated rings. The summed E-state index contributed by atoms with van der Waals surface area (Å²) in [6.07, 6.45) is 15.1. The van der Waals surface area contributed by atoms with Crippen LogP contribution in [0.3, 0.4) is 0 Å². The van der Waals surface area contributed by atoms with Gasteiger partial charge in [-0.15, -0.1) is 0 Å². The fourth-order valence-electron chi connectivity index (χ4n) is 5.31. The Hall–Kier alpha value is -1.56. The first-order valence-corrected chi connectivity index (χ1v) is 11.1. The molecule has 0 aliphatic heterocycles. The Morgan fingerprint density at radius 3 is 2.15 bits per heavy atom. The highest BCUT2D eigenvalue weighted by molar-refractivity contribution is 5.50. The third-order valence-corrected chi connectivity index (χ3v) is 6.75. The lowest BCUT2D eigenvalue weighted by atomic mass is 9.93. The number of fused-ring (bicyclic) bond motifs is 5. The SMILES string of the molecule is CCCCCCCCCCc1ccc2c(c1)C[C@@H]1c3ccccc3C[C@H]21. The summed E-state index contributed by atoms with van der Waals surface area (Å²) in [7, 11) is 0. The lowest BCUT2D eigenvalue weighted by molar-refractivity contribution is 0.575. The first-order valence-electron chi connectivity index (χ1n) is 11.1. The number of hydrogen-bond donors (Lipinski definition) is 0. The highest BCUT2D eigenvalue weighted by atomic mass is 14.4. The van der Waals surface area contributed by atoms with Gasteiger partial charge in [0.2, 0.25) is 0 Å². The van der Waals surface area contributed by atoms with Crippen molar-refractivity contribution < 1.29 is 0 Å². The molecule has 0 heterocycles. The maximum Gasteiger partial charge on any atom is -0.00465 e. The highest BCUT2D eigenvalue weighted by Gasteiger charge is 2.39. The predicted molar refractivity (Wildman–Crippen MR) is 112 cm³/mol. The minimum atomic E-state index is 0.750. The van der Waals surface area contributed by atoms with Crippen LogP contribution in [-0.4, -0.2) is 0 Å². The van der Waals surface area contributed by atoms with E-state index in [1.807, 2.05) is 0 Å². The molecule has 0 aromatic heterocycles. The molecule has 0 amide bonds. The van der Waals surface area contributed by atoms with Crippen molar-refractivity contribution in [3.05, 3.63) is 70.3 Å². The summed E-state index contributed by atoms with van der Waals surface area (Å²) in [5, 5.41) is 0. The van der Waals surface area contributed by atoms with Gasteiger partial charge in [-0.05, 0) is 65.3 Å². The van der Waals surface area contributed by atoms with Crippen molar-refractivity contribution in [2.24, 2.45) is 0 Å². The van der Waals surface area contributed by atoms with Gasteiger partial charge in [0.15, 0.2) is 0 Å². The smallest absolute Gasteiger partial charge is 0.00465 e. The molecule has 0 saturated heterocycles. The van der Waals surface area contributed by atoms with Crippen LogP contribution in [0, 0.1) is 0 Å². The van der Waals surface area contributed by atoms with Crippen molar-refractivity contribution in [2.45, 2.75) is 89.4 Å². The largest absolute Gasteiger partial charge is 0.0654 e. The molecule has 138 valence electrons. The molecule has 2 aromatic rings. The van der Waals surface area contributed by atoms with Crippen molar-refractivity contribution in [3.63, 3.8) is 0 Å². The summed E-state index contributed by atoms with van der Waals surface area (Å²) < 4.78 is 0. The fraction of sp³-hybridized carbons (Fsp3) is 0.538. The second-order valence-electron chi connectivity index (χ2n) is 8.58. The predicted octanol–water partition coefficient (Wildman–Crippen LogP) is 7.35. The van der Waals surface area contributed by atoms with E-state index in [0.29, 0.717) is 0 Å². The molecule has 0 heteroatoms. The van der Waals surface area contributed by atoms with E-state index in [-0.39, 0.29) is 0 Å². The molecule has 2 aliphatic carbocycles. The van der Waals surface area contributed by atoms with Gasteiger partial charge in [0.25, 0.3) is 0 Å². The van der Waals surface area contributed by atoms with Gasteiger partial charge < -0.3 is 0 Å². The van der Waals surface area contributed by atoms with Crippen LogP contribution in [0.5, 0.6) is 0 Å². The van der Waals surface area contributed by atoms with Gasteiger partial charge in [-0.3, -0.25) is 0 Å². The second-order valence-corrected chi connectivity index (χ2v) is 8.58. The average Bonchev–Trinajstić information content (AvgIpc) is 3.19. The summed E-state index contributed by atoms with van der Waals surface area (Å²) in [6, 6.07) is 16.6. The molecule has 2 atom stereocenters. The van der Waals surface area contributed by atoms with Crippen LogP contribution in [-0.2, 0) is 19.3 Å². The Labute approximate surface area is 160 Å². The van der Waals surface area contributed by atoms with Crippen molar-refractivity contribution in [1.29, 1.82) is 0 Å². The van der Waals surface area contributed by atoms with Crippen LogP contribution in [0.15, 0.2) is 42.5 Å². The van der Waals surface area contributed by atoms with Crippen LogP contribution in [0.2, 0.25) is 0 Å². The number of benzene rings is 2. The molecule has 0 unspecified atom stereocenters. The van der Waals surface area contributed by atoms with E-state index in [9.17, 15) is 0 Å². The van der Waals surface area contributed by atoms with Gasteiger partial charge in [-0.25, -0.2) is 0 Å². The zero-order chi connectivity index (χ0) is 17.8. The van der Waals surface area contributed by atoms with E-state index in [0.717, 1.165) is 11.8 Å². The number of hydrogen-bond acceptors (Lipinski definition) is 0. The fourth-order valence-corrected chi connectivity index (χ4v) is 5.31. The topological polar surface area (TPSA) is 0 Å². The summed E-state index contributed by atoms with van der Waals surface area (Å²) in [6.45, 7) is 2.29. The van der Waals surface area contributed by atoms with Gasteiger partial charge in [-0.2, -0.15) is 0 Å². The molecule has 0 spiro atoms. The van der Waals surface area contributed by atoms with Crippen LogP contribution >= 0.6 is 0 Å². The zero-order valence-corrected chi connectivity index (χ0v) is 16.5. The molecule has 0 saturated carbocycles. The molecule has 2 aromatic carbocycles. The Kier molecular flexibility index (Phi) is 5.78. The quantitative estimate of drug-likeness (QED) is 0.416. The van der Waals surface area contributed by atoms with Crippen molar-refractivity contribution >= 4 is 0 Å². The monoisotopic (exact) mass is 346 g/mol. The van der Waals surface area contributed by atoms with Crippen molar-refractivity contribution in [2.75, 3.05) is 0 Å². The van der Waals surface area contributed by atoms with Gasteiger partial charge in [-0.1, -0.05) is 94.3 Å². The number of unbranched alkanes of at least 4 members (excludes halogenated alkanes) is 7. The van der Waals surface area contributed by atoms with E-state index in [2.05, 4.69) is 49.4 Å². The Balaban J connectivity index is 1.27. The molecule has 0 bridgehead atoms. The third-order valence-electron chi connectivity index (χ3n) is 6.75. The lowest BCUT2D eigenvalue weighted by Gasteiger charge is -2.10. The zero-order valence-electron chi connectivity index (χ0n) is 16.5. The summed E-state index contributed by atoms with van der Waals surface area (Å²) in [5.41, 5.74) is 8.08. The normalized spacial score (nSPS) is 20.0. The second kappa shape index (κ2) is 8.42. The van der Waals surface area contributed by atoms with Gasteiger partial charge >= 0.3 is 0 Å². The van der Waals surface area contributed by atoms with Crippen LogP contribution in [0.25, 0.3) is 0 Å². The summed E-state index contributed by atoms with van der Waals surface area (Å²) in [5.74, 6) is 1.50. The highest BCUT2D eigenvalue weighted by Crippen LogP contribution is 2.51. The molecular weight excluding hydrogens is 312 g/mol. The Bertz CT molecular complexity index is 727. The van der Waals surface area contributed by atoms with Crippen LogP contribution < -0.4 is 0 Å². The Morgan fingerprint density at radius 1 is 0.692 bits per heavy atom. The average molecular weight is 347 g/mol. The lowest BCUT2D eigenvalue weighted by Crippen LogP contribution is -1.98. The van der Waals surface area contributed by atoms with Crippen molar-refractivity contribution in [3.8, 4) is 0 Å². The van der Waals surface area contributed by atoms with E-state index in [1.54, 1.807) is 27.8 Å². The number of aryl methyl sites for hydroxylation is 1. The summed E-state index contributed by atoms with van der Waals surface area (Å²) >= 11 is 0.